The Morgan fingerprint density at radius 1 is 1.17 bits per heavy atom. The molecule has 3 heteroatoms. The van der Waals surface area contributed by atoms with Crippen LogP contribution in [-0.4, -0.2) is 11.2 Å². The quantitative estimate of drug-likeness (QED) is 0.745. The second-order valence-electron chi connectivity index (χ2n) is 4.21. The average molecular weight is 261 g/mol. The van der Waals surface area contributed by atoms with Gasteiger partial charge >= 0.3 is 0 Å². The summed E-state index contributed by atoms with van der Waals surface area (Å²) in [5.74, 6) is 0.889. The van der Waals surface area contributed by atoms with Gasteiger partial charge in [0.05, 0.1) is 5.69 Å². The van der Waals surface area contributed by atoms with Gasteiger partial charge < -0.3 is 0 Å². The van der Waals surface area contributed by atoms with Crippen LogP contribution < -0.4 is 0 Å². The van der Waals surface area contributed by atoms with Crippen molar-refractivity contribution in [3.05, 3.63) is 59.9 Å². The lowest BCUT2D eigenvalue weighted by atomic mass is 10.2. The molecule has 94 valence electrons. The van der Waals surface area contributed by atoms with Crippen molar-refractivity contribution in [1.29, 1.82) is 0 Å². The number of hydrogen-bond acceptors (Lipinski definition) is 2. The molecule has 0 saturated carbocycles. The zero-order valence-electron chi connectivity index (χ0n) is 10.3. The monoisotopic (exact) mass is 261 g/mol. The molecule has 0 spiro atoms. The summed E-state index contributed by atoms with van der Waals surface area (Å²) >= 11 is 1.71. The summed E-state index contributed by atoms with van der Waals surface area (Å²) in [4.78, 5) is 5.35. The zero-order chi connectivity index (χ0) is 12.8. The molecule has 1 heterocycles. The minimum atomic E-state index is -0.851. The smallest absolute Gasteiger partial charge is 0.103 e. The van der Waals surface area contributed by atoms with Crippen molar-refractivity contribution in [2.45, 2.75) is 30.2 Å². The lowest BCUT2D eigenvalue weighted by Crippen LogP contribution is -2.02. The molecule has 1 aromatic carbocycles. The highest BCUT2D eigenvalue weighted by Crippen LogP contribution is 2.26. The van der Waals surface area contributed by atoms with Crippen LogP contribution >= 0.6 is 11.8 Å². The van der Waals surface area contributed by atoms with Gasteiger partial charge in [0.2, 0.25) is 0 Å². The average Bonchev–Trinajstić information content (AvgIpc) is 2.38. The van der Waals surface area contributed by atoms with Crippen molar-refractivity contribution < 1.29 is 4.39 Å². The summed E-state index contributed by atoms with van der Waals surface area (Å²) in [7, 11) is 0. The van der Waals surface area contributed by atoms with Gasteiger partial charge in [-0.1, -0.05) is 30.3 Å². The molecular formula is C15H16FNS. The fourth-order valence-electron chi connectivity index (χ4n) is 1.71. The van der Waals surface area contributed by atoms with Crippen LogP contribution in [0.1, 0.15) is 18.2 Å². The van der Waals surface area contributed by atoms with Crippen LogP contribution in [0.2, 0.25) is 0 Å². The predicted molar refractivity (Wildman–Crippen MR) is 74.5 cm³/mol. The van der Waals surface area contributed by atoms with Gasteiger partial charge in [0.25, 0.3) is 0 Å². The third-order valence-electron chi connectivity index (χ3n) is 2.56. The highest BCUT2D eigenvalue weighted by atomic mass is 32.2. The standard InChI is InChI=1S/C15H16FNS/c1-12(16)10-14-15(8-5-9-17-14)18-11-13-6-3-2-4-7-13/h2-9,12H,10-11H2,1H3. The topological polar surface area (TPSA) is 12.9 Å². The van der Waals surface area contributed by atoms with Crippen molar-refractivity contribution in [3.8, 4) is 0 Å². The van der Waals surface area contributed by atoms with Crippen molar-refractivity contribution >= 4 is 11.8 Å². The number of alkyl halides is 1. The van der Waals surface area contributed by atoms with Crippen molar-refractivity contribution in [1.82, 2.24) is 4.98 Å². The molecule has 2 rings (SSSR count). The van der Waals surface area contributed by atoms with Gasteiger partial charge in [0, 0.05) is 23.3 Å². The van der Waals surface area contributed by atoms with Crippen LogP contribution in [0.25, 0.3) is 0 Å². The molecule has 0 fully saturated rings. The first-order chi connectivity index (χ1) is 8.75. The van der Waals surface area contributed by atoms with Gasteiger partial charge in [-0.05, 0) is 24.6 Å². The van der Waals surface area contributed by atoms with Gasteiger partial charge in [-0.3, -0.25) is 4.98 Å². The number of rotatable bonds is 5. The molecule has 0 saturated heterocycles. The van der Waals surface area contributed by atoms with Crippen LogP contribution in [0.3, 0.4) is 0 Å². The van der Waals surface area contributed by atoms with Gasteiger partial charge in [-0.2, -0.15) is 0 Å². The van der Waals surface area contributed by atoms with E-state index in [0.717, 1.165) is 16.3 Å². The molecule has 0 bridgehead atoms. The lowest BCUT2D eigenvalue weighted by Gasteiger charge is -2.08. The largest absolute Gasteiger partial charge is 0.260 e. The minimum absolute atomic E-state index is 0.387. The summed E-state index contributed by atoms with van der Waals surface area (Å²) in [6.07, 6.45) is 1.26. The Balaban J connectivity index is 2.05. The number of hydrogen-bond donors (Lipinski definition) is 0. The summed E-state index contributed by atoms with van der Waals surface area (Å²) in [6.45, 7) is 1.57. The Morgan fingerprint density at radius 3 is 2.67 bits per heavy atom. The number of benzene rings is 1. The molecule has 2 aromatic rings. The van der Waals surface area contributed by atoms with Crippen LogP contribution in [0.4, 0.5) is 4.39 Å². The number of halogens is 1. The molecule has 0 aliphatic rings. The SMILES string of the molecule is CC(F)Cc1ncccc1SCc1ccccc1. The Kier molecular flexibility index (Phi) is 4.76. The van der Waals surface area contributed by atoms with Crippen molar-refractivity contribution in [2.24, 2.45) is 0 Å². The van der Waals surface area contributed by atoms with Crippen LogP contribution in [0, 0.1) is 0 Å². The molecule has 1 atom stereocenters. The van der Waals surface area contributed by atoms with Crippen LogP contribution in [-0.2, 0) is 12.2 Å². The molecule has 1 unspecified atom stereocenters. The second-order valence-corrected chi connectivity index (χ2v) is 5.22. The number of nitrogens with zero attached hydrogens (tertiary/aromatic N) is 1. The van der Waals surface area contributed by atoms with Gasteiger partial charge in [0.15, 0.2) is 0 Å². The molecule has 1 nitrogen and oxygen atoms in total. The molecular weight excluding hydrogens is 245 g/mol. The third kappa shape index (κ3) is 3.84. The van der Waals surface area contributed by atoms with E-state index in [2.05, 4.69) is 17.1 Å². The van der Waals surface area contributed by atoms with Gasteiger partial charge in [0.1, 0.15) is 6.17 Å². The fourth-order valence-corrected chi connectivity index (χ4v) is 2.70. The van der Waals surface area contributed by atoms with Crippen LogP contribution in [0.5, 0.6) is 0 Å². The van der Waals surface area contributed by atoms with E-state index in [4.69, 9.17) is 0 Å². The van der Waals surface area contributed by atoms with Gasteiger partial charge in [-0.15, -0.1) is 11.8 Å². The lowest BCUT2D eigenvalue weighted by molar-refractivity contribution is 0.356. The predicted octanol–water partition coefficient (Wildman–Crippen LogP) is 4.27. The van der Waals surface area contributed by atoms with E-state index < -0.39 is 6.17 Å². The number of aromatic nitrogens is 1. The minimum Gasteiger partial charge on any atom is -0.260 e. The first-order valence-corrected chi connectivity index (χ1v) is 6.99. The zero-order valence-corrected chi connectivity index (χ0v) is 11.2. The summed E-state index contributed by atoms with van der Waals surface area (Å²) in [6, 6.07) is 14.2. The Labute approximate surface area is 111 Å². The number of pyridine rings is 1. The molecule has 0 amide bonds. The van der Waals surface area contributed by atoms with Gasteiger partial charge in [-0.25, -0.2) is 4.39 Å². The molecule has 0 aliphatic heterocycles. The highest BCUT2D eigenvalue weighted by Gasteiger charge is 2.08. The van der Waals surface area contributed by atoms with Crippen molar-refractivity contribution in [3.63, 3.8) is 0 Å². The van der Waals surface area contributed by atoms with Crippen LogP contribution in [0.15, 0.2) is 53.6 Å². The molecule has 18 heavy (non-hydrogen) atoms. The molecule has 1 aromatic heterocycles. The maximum Gasteiger partial charge on any atom is 0.103 e. The molecule has 0 aliphatic carbocycles. The van der Waals surface area contributed by atoms with E-state index in [1.165, 1.54) is 5.56 Å². The van der Waals surface area contributed by atoms with E-state index in [0.29, 0.717) is 6.42 Å². The Bertz CT molecular complexity index is 485. The molecule has 0 N–H and O–H groups in total. The Hall–Kier alpha value is -1.35. The fraction of sp³-hybridized carbons (Fsp3) is 0.267. The van der Waals surface area contributed by atoms with E-state index >= 15 is 0 Å². The Morgan fingerprint density at radius 2 is 1.94 bits per heavy atom. The van der Waals surface area contributed by atoms with E-state index in [1.54, 1.807) is 24.9 Å². The van der Waals surface area contributed by atoms with E-state index in [1.807, 2.05) is 30.3 Å². The first-order valence-electron chi connectivity index (χ1n) is 6.00. The third-order valence-corrected chi connectivity index (χ3v) is 3.72. The molecule has 0 radical (unpaired) electrons. The second kappa shape index (κ2) is 6.55. The maximum atomic E-state index is 13.1. The van der Waals surface area contributed by atoms with Crippen molar-refractivity contribution in [2.75, 3.05) is 0 Å². The maximum absolute atomic E-state index is 13.1. The summed E-state index contributed by atoms with van der Waals surface area (Å²) < 4.78 is 13.1. The highest BCUT2D eigenvalue weighted by molar-refractivity contribution is 7.98. The number of thioether (sulfide) groups is 1. The summed E-state index contributed by atoms with van der Waals surface area (Å²) in [5.41, 5.74) is 2.12. The summed E-state index contributed by atoms with van der Waals surface area (Å²) in [5, 5.41) is 0. The normalized spacial score (nSPS) is 12.3. The van der Waals surface area contributed by atoms with E-state index in [-0.39, 0.29) is 0 Å². The first kappa shape index (κ1) is 13.1. The van der Waals surface area contributed by atoms with E-state index in [9.17, 15) is 4.39 Å².